The number of amides is 1. The molecule has 0 aromatic heterocycles. The highest BCUT2D eigenvalue weighted by Gasteiger charge is 2.29. The van der Waals surface area contributed by atoms with Gasteiger partial charge in [-0.3, -0.25) is 4.79 Å². The molecule has 2 atom stereocenters. The van der Waals surface area contributed by atoms with Crippen LogP contribution in [-0.4, -0.2) is 18.5 Å². The van der Waals surface area contributed by atoms with Gasteiger partial charge >= 0.3 is 0 Å². The van der Waals surface area contributed by atoms with E-state index in [4.69, 9.17) is 0 Å². The molecule has 1 aliphatic rings. The maximum Gasteiger partial charge on any atom is 0.227 e. The number of benzene rings is 1. The summed E-state index contributed by atoms with van der Waals surface area (Å²) in [4.78, 5) is 12.4. The topological polar surface area (TPSA) is 41.1 Å². The van der Waals surface area contributed by atoms with Gasteiger partial charge in [-0.1, -0.05) is 32.0 Å². The van der Waals surface area contributed by atoms with Crippen molar-refractivity contribution in [3.8, 4) is 0 Å². The van der Waals surface area contributed by atoms with Crippen molar-refractivity contribution in [2.24, 2.45) is 5.92 Å². The first kappa shape index (κ1) is 14.9. The standard InChI is InChI=1S/C17H26N2O/c1-12(2)7-6-10-18-17(20)15-11-13(3)19-16-9-5-4-8-14(15)16/h4-5,8-9,12-13,15,19H,6-7,10-11H2,1-3H3,(H,18,20)/t13-,15-/m0/s1. The number of hydrogen-bond donors (Lipinski definition) is 2. The van der Waals surface area contributed by atoms with Crippen LogP contribution in [0.1, 0.15) is 51.5 Å². The highest BCUT2D eigenvalue weighted by atomic mass is 16.1. The van der Waals surface area contributed by atoms with Crippen LogP contribution in [0, 0.1) is 5.92 Å². The van der Waals surface area contributed by atoms with Gasteiger partial charge in [-0.05, 0) is 43.7 Å². The molecule has 0 bridgehead atoms. The van der Waals surface area contributed by atoms with Gasteiger partial charge in [0.05, 0.1) is 5.92 Å². The Kier molecular flexibility index (Phi) is 5.05. The van der Waals surface area contributed by atoms with E-state index in [-0.39, 0.29) is 11.8 Å². The molecule has 0 aliphatic carbocycles. The Bertz CT molecular complexity index is 456. The number of hydrogen-bond acceptors (Lipinski definition) is 2. The van der Waals surface area contributed by atoms with Crippen LogP contribution >= 0.6 is 0 Å². The average Bonchev–Trinajstić information content (AvgIpc) is 2.42. The summed E-state index contributed by atoms with van der Waals surface area (Å²) in [7, 11) is 0. The molecule has 3 heteroatoms. The predicted molar refractivity (Wildman–Crippen MR) is 84.0 cm³/mol. The van der Waals surface area contributed by atoms with Crippen LogP contribution < -0.4 is 10.6 Å². The van der Waals surface area contributed by atoms with Gasteiger partial charge in [0, 0.05) is 18.3 Å². The van der Waals surface area contributed by atoms with Crippen LogP contribution in [0.25, 0.3) is 0 Å². The van der Waals surface area contributed by atoms with Gasteiger partial charge in [0.2, 0.25) is 5.91 Å². The lowest BCUT2D eigenvalue weighted by Gasteiger charge is -2.30. The van der Waals surface area contributed by atoms with Crippen LogP contribution in [0.2, 0.25) is 0 Å². The molecule has 2 rings (SSSR count). The molecule has 0 radical (unpaired) electrons. The minimum Gasteiger partial charge on any atom is -0.382 e. The SMILES string of the molecule is CC(C)CCCNC(=O)[C@H]1C[C@H](C)Nc2ccccc21. The van der Waals surface area contributed by atoms with Gasteiger partial charge in [0.25, 0.3) is 0 Å². The van der Waals surface area contributed by atoms with Crippen molar-refractivity contribution >= 4 is 11.6 Å². The fourth-order valence-corrected chi connectivity index (χ4v) is 2.83. The van der Waals surface area contributed by atoms with E-state index in [1.54, 1.807) is 0 Å². The molecular weight excluding hydrogens is 248 g/mol. The number of carbonyl (C=O) groups is 1. The summed E-state index contributed by atoms with van der Waals surface area (Å²) in [5.74, 6) is 0.864. The van der Waals surface area contributed by atoms with Gasteiger partial charge < -0.3 is 10.6 Å². The number of rotatable bonds is 5. The average molecular weight is 274 g/mol. The van der Waals surface area contributed by atoms with Crippen LogP contribution in [0.5, 0.6) is 0 Å². The van der Waals surface area contributed by atoms with Crippen molar-refractivity contribution < 1.29 is 4.79 Å². The Labute approximate surface area is 122 Å². The highest BCUT2D eigenvalue weighted by molar-refractivity contribution is 5.86. The molecule has 2 N–H and O–H groups in total. The van der Waals surface area contributed by atoms with Gasteiger partial charge in [-0.2, -0.15) is 0 Å². The van der Waals surface area contributed by atoms with E-state index in [9.17, 15) is 4.79 Å². The second-order valence-corrected chi connectivity index (χ2v) is 6.25. The van der Waals surface area contributed by atoms with Gasteiger partial charge in [0.15, 0.2) is 0 Å². The van der Waals surface area contributed by atoms with Crippen molar-refractivity contribution in [1.82, 2.24) is 5.32 Å². The lowest BCUT2D eigenvalue weighted by Crippen LogP contribution is -2.36. The monoisotopic (exact) mass is 274 g/mol. The molecule has 1 aromatic carbocycles. The first-order valence-corrected chi connectivity index (χ1v) is 7.71. The molecular formula is C17H26N2O. The molecule has 3 nitrogen and oxygen atoms in total. The second kappa shape index (κ2) is 6.78. The third-order valence-electron chi connectivity index (χ3n) is 3.90. The molecule has 1 amide bonds. The van der Waals surface area contributed by atoms with Crippen molar-refractivity contribution in [2.75, 3.05) is 11.9 Å². The Morgan fingerprint density at radius 2 is 2.15 bits per heavy atom. The summed E-state index contributed by atoms with van der Waals surface area (Å²) in [5, 5.41) is 6.55. The number of fused-ring (bicyclic) bond motifs is 1. The van der Waals surface area contributed by atoms with Crippen LogP contribution in [0.15, 0.2) is 24.3 Å². The molecule has 1 heterocycles. The lowest BCUT2D eigenvalue weighted by molar-refractivity contribution is -0.122. The maximum atomic E-state index is 12.4. The number of nitrogens with one attached hydrogen (secondary N) is 2. The second-order valence-electron chi connectivity index (χ2n) is 6.25. The summed E-state index contributed by atoms with van der Waals surface area (Å²) in [6, 6.07) is 8.49. The Morgan fingerprint density at radius 1 is 1.40 bits per heavy atom. The van der Waals surface area contributed by atoms with Crippen molar-refractivity contribution in [2.45, 2.75) is 52.0 Å². The third-order valence-corrected chi connectivity index (χ3v) is 3.90. The minimum absolute atomic E-state index is 0.0125. The van der Waals surface area contributed by atoms with E-state index in [1.807, 2.05) is 12.1 Å². The molecule has 0 saturated carbocycles. The number of para-hydroxylation sites is 1. The molecule has 110 valence electrons. The molecule has 0 fully saturated rings. The third kappa shape index (κ3) is 3.75. The van der Waals surface area contributed by atoms with Gasteiger partial charge in [-0.25, -0.2) is 0 Å². The van der Waals surface area contributed by atoms with Gasteiger partial charge in [-0.15, -0.1) is 0 Å². The van der Waals surface area contributed by atoms with Crippen LogP contribution in [-0.2, 0) is 4.79 Å². The first-order valence-electron chi connectivity index (χ1n) is 7.71. The van der Waals surface area contributed by atoms with Crippen molar-refractivity contribution in [3.05, 3.63) is 29.8 Å². The molecule has 0 unspecified atom stereocenters. The zero-order valence-electron chi connectivity index (χ0n) is 12.8. The fraction of sp³-hybridized carbons (Fsp3) is 0.588. The molecule has 20 heavy (non-hydrogen) atoms. The number of carbonyl (C=O) groups excluding carboxylic acids is 1. The predicted octanol–water partition coefficient (Wildman–Crippen LogP) is 3.53. The van der Waals surface area contributed by atoms with E-state index in [0.29, 0.717) is 12.0 Å². The lowest BCUT2D eigenvalue weighted by atomic mass is 9.87. The zero-order valence-corrected chi connectivity index (χ0v) is 12.8. The smallest absolute Gasteiger partial charge is 0.227 e. The minimum atomic E-state index is -0.0125. The molecule has 1 aliphatic heterocycles. The first-order chi connectivity index (χ1) is 9.58. The number of anilines is 1. The fourth-order valence-electron chi connectivity index (χ4n) is 2.83. The highest BCUT2D eigenvalue weighted by Crippen LogP contribution is 2.34. The Hall–Kier alpha value is -1.51. The van der Waals surface area contributed by atoms with E-state index in [2.05, 4.69) is 43.5 Å². The van der Waals surface area contributed by atoms with Crippen LogP contribution in [0.3, 0.4) is 0 Å². The van der Waals surface area contributed by atoms with E-state index >= 15 is 0 Å². The quantitative estimate of drug-likeness (QED) is 0.807. The summed E-state index contributed by atoms with van der Waals surface area (Å²) < 4.78 is 0. The van der Waals surface area contributed by atoms with Crippen LogP contribution in [0.4, 0.5) is 5.69 Å². The molecule has 0 spiro atoms. The zero-order chi connectivity index (χ0) is 14.5. The van der Waals surface area contributed by atoms with E-state index in [1.165, 1.54) is 6.42 Å². The van der Waals surface area contributed by atoms with Gasteiger partial charge in [0.1, 0.15) is 0 Å². The largest absolute Gasteiger partial charge is 0.382 e. The summed E-state index contributed by atoms with van der Waals surface area (Å²) in [6.07, 6.45) is 3.10. The molecule has 1 aromatic rings. The summed E-state index contributed by atoms with van der Waals surface area (Å²) >= 11 is 0. The van der Waals surface area contributed by atoms with E-state index in [0.717, 1.165) is 30.6 Å². The summed E-state index contributed by atoms with van der Waals surface area (Å²) in [6.45, 7) is 7.35. The summed E-state index contributed by atoms with van der Waals surface area (Å²) in [5.41, 5.74) is 2.24. The Balaban J connectivity index is 1.96. The normalized spacial score (nSPS) is 21.2. The van der Waals surface area contributed by atoms with Crippen molar-refractivity contribution in [1.29, 1.82) is 0 Å². The molecule has 0 saturated heterocycles. The maximum absolute atomic E-state index is 12.4. The van der Waals surface area contributed by atoms with E-state index < -0.39 is 0 Å². The Morgan fingerprint density at radius 3 is 2.90 bits per heavy atom. The van der Waals surface area contributed by atoms with Crippen molar-refractivity contribution in [3.63, 3.8) is 0 Å².